The van der Waals surface area contributed by atoms with Crippen LogP contribution in [0, 0.1) is 5.92 Å². The van der Waals surface area contributed by atoms with Gasteiger partial charge in [-0.2, -0.15) is 0 Å². The van der Waals surface area contributed by atoms with Crippen molar-refractivity contribution in [2.45, 2.75) is 51.3 Å². The number of nitrogens with zero attached hydrogens (tertiary/aromatic N) is 2. The normalized spacial score (nSPS) is 23.0. The van der Waals surface area contributed by atoms with Crippen molar-refractivity contribution < 1.29 is 14.3 Å². The summed E-state index contributed by atoms with van der Waals surface area (Å²) in [6.45, 7) is 6.14. The molecule has 0 spiro atoms. The number of thioether (sulfide) groups is 1. The molecule has 1 N–H and O–H groups in total. The Bertz CT molecular complexity index is 444. The van der Waals surface area contributed by atoms with Gasteiger partial charge >= 0.3 is 6.09 Å². The van der Waals surface area contributed by atoms with Gasteiger partial charge in [0.05, 0.1) is 5.88 Å². The van der Waals surface area contributed by atoms with Gasteiger partial charge in [-0.3, -0.25) is 9.69 Å². The molecular formula is C16H29N3O3S. The molecule has 1 aliphatic heterocycles. The zero-order chi connectivity index (χ0) is 17.2. The Balaban J connectivity index is 1.88. The van der Waals surface area contributed by atoms with E-state index in [0.717, 1.165) is 0 Å². The molecule has 2 amide bonds. The van der Waals surface area contributed by atoms with Gasteiger partial charge in [-0.25, -0.2) is 4.79 Å². The summed E-state index contributed by atoms with van der Waals surface area (Å²) in [7, 11) is 4.10. The second-order valence-corrected chi connectivity index (χ2v) is 8.58. The summed E-state index contributed by atoms with van der Waals surface area (Å²) < 4.78 is 5.40. The number of hydrogen-bond acceptors (Lipinski definition) is 5. The van der Waals surface area contributed by atoms with Crippen LogP contribution >= 0.6 is 11.8 Å². The summed E-state index contributed by atoms with van der Waals surface area (Å²) in [5, 5.41) is 3.03. The number of nitrogens with one attached hydrogen (secondary N) is 1. The van der Waals surface area contributed by atoms with E-state index in [2.05, 4.69) is 10.2 Å². The standard InChI is InChI=1S/C16H29N3O3S/c1-16(2,3)22-15(21)19-10-23-9-13(19)14(20)17-8-12(18(4)5)11-6-7-11/h11-13H,6-10H2,1-5H3,(H,17,20)/t12-,13-/m1/s1. The topological polar surface area (TPSA) is 61.9 Å². The molecule has 1 aliphatic carbocycles. The molecule has 132 valence electrons. The van der Waals surface area contributed by atoms with Crippen LogP contribution in [0.5, 0.6) is 0 Å². The first-order chi connectivity index (χ1) is 10.7. The highest BCUT2D eigenvalue weighted by Crippen LogP contribution is 2.34. The highest BCUT2D eigenvalue weighted by atomic mass is 32.2. The lowest BCUT2D eigenvalue weighted by molar-refractivity contribution is -0.125. The van der Waals surface area contributed by atoms with E-state index in [9.17, 15) is 9.59 Å². The molecule has 1 heterocycles. The van der Waals surface area contributed by atoms with Crippen LogP contribution in [0.25, 0.3) is 0 Å². The maximum absolute atomic E-state index is 12.5. The van der Waals surface area contributed by atoms with Crippen molar-refractivity contribution in [3.63, 3.8) is 0 Å². The number of hydrogen-bond donors (Lipinski definition) is 1. The van der Waals surface area contributed by atoms with Gasteiger partial charge in [-0.1, -0.05) is 0 Å². The molecule has 0 aromatic heterocycles. The fraction of sp³-hybridized carbons (Fsp3) is 0.875. The summed E-state index contributed by atoms with van der Waals surface area (Å²) in [6, 6.07) is -0.0557. The lowest BCUT2D eigenvalue weighted by Gasteiger charge is -2.29. The third-order valence-corrected chi connectivity index (χ3v) is 5.14. The summed E-state index contributed by atoms with van der Waals surface area (Å²) in [6.07, 6.45) is 2.07. The van der Waals surface area contributed by atoms with Gasteiger partial charge in [-0.15, -0.1) is 11.8 Å². The molecule has 23 heavy (non-hydrogen) atoms. The van der Waals surface area contributed by atoms with E-state index in [1.54, 1.807) is 11.8 Å². The largest absolute Gasteiger partial charge is 0.444 e. The summed E-state index contributed by atoms with van der Waals surface area (Å²) in [4.78, 5) is 28.5. The highest BCUT2D eigenvalue weighted by Gasteiger charge is 2.38. The van der Waals surface area contributed by atoms with Gasteiger partial charge in [0, 0.05) is 18.3 Å². The molecule has 7 heteroatoms. The van der Waals surface area contributed by atoms with Crippen molar-refractivity contribution in [1.82, 2.24) is 15.1 Å². The van der Waals surface area contributed by atoms with Crippen LogP contribution in [0.1, 0.15) is 33.6 Å². The molecule has 2 rings (SSSR count). The monoisotopic (exact) mass is 343 g/mol. The predicted molar refractivity (Wildman–Crippen MR) is 92.4 cm³/mol. The Morgan fingerprint density at radius 3 is 2.52 bits per heavy atom. The molecule has 0 aromatic rings. The SMILES string of the molecule is CN(C)[C@H](CNC(=O)[C@H]1CSCN1C(=O)OC(C)(C)C)C1CC1. The molecule has 1 saturated heterocycles. The highest BCUT2D eigenvalue weighted by molar-refractivity contribution is 7.99. The molecule has 0 bridgehead atoms. The lowest BCUT2D eigenvalue weighted by Crippen LogP contribution is -2.51. The van der Waals surface area contributed by atoms with E-state index in [1.165, 1.54) is 17.7 Å². The first kappa shape index (κ1) is 18.4. The minimum Gasteiger partial charge on any atom is -0.444 e. The Hall–Kier alpha value is -0.950. The Kier molecular flexibility index (Phi) is 5.84. The van der Waals surface area contributed by atoms with Gasteiger partial charge in [0.1, 0.15) is 11.6 Å². The van der Waals surface area contributed by atoms with Crippen LogP contribution in [-0.4, -0.2) is 71.8 Å². The number of carbonyl (C=O) groups is 2. The molecule has 6 nitrogen and oxygen atoms in total. The number of ether oxygens (including phenoxy) is 1. The van der Waals surface area contributed by atoms with E-state index in [1.807, 2.05) is 34.9 Å². The molecule has 2 atom stereocenters. The second kappa shape index (κ2) is 7.30. The zero-order valence-electron chi connectivity index (χ0n) is 14.8. The number of carbonyl (C=O) groups excluding carboxylic acids is 2. The molecule has 2 aliphatic rings. The first-order valence-electron chi connectivity index (χ1n) is 8.20. The molecule has 2 fully saturated rings. The smallest absolute Gasteiger partial charge is 0.411 e. The van der Waals surface area contributed by atoms with Crippen LogP contribution in [0.15, 0.2) is 0 Å². The molecule has 0 radical (unpaired) electrons. The Morgan fingerprint density at radius 2 is 2.00 bits per heavy atom. The zero-order valence-corrected chi connectivity index (χ0v) is 15.6. The van der Waals surface area contributed by atoms with Crippen molar-refractivity contribution in [3.8, 4) is 0 Å². The molecule has 0 aromatic carbocycles. The molecular weight excluding hydrogens is 314 g/mol. The van der Waals surface area contributed by atoms with E-state index >= 15 is 0 Å². The lowest BCUT2D eigenvalue weighted by atomic mass is 10.1. The van der Waals surface area contributed by atoms with E-state index in [4.69, 9.17) is 4.74 Å². The van der Waals surface area contributed by atoms with Gasteiger partial charge < -0.3 is 15.0 Å². The number of likely N-dealkylation sites (N-methyl/N-ethyl adjacent to an activating group) is 1. The molecule has 0 unspecified atom stereocenters. The van der Waals surface area contributed by atoms with Crippen molar-refractivity contribution in [2.75, 3.05) is 32.3 Å². The van der Waals surface area contributed by atoms with E-state index < -0.39 is 17.7 Å². The maximum atomic E-state index is 12.5. The number of amides is 2. The summed E-state index contributed by atoms with van der Waals surface area (Å²) in [5.41, 5.74) is -0.548. The third kappa shape index (κ3) is 5.28. The van der Waals surface area contributed by atoms with Crippen LogP contribution in [0.2, 0.25) is 0 Å². The minimum atomic E-state index is -0.548. The van der Waals surface area contributed by atoms with Crippen LogP contribution in [-0.2, 0) is 9.53 Å². The molecule has 1 saturated carbocycles. The summed E-state index contributed by atoms with van der Waals surface area (Å²) in [5.74, 6) is 1.74. The Morgan fingerprint density at radius 1 is 1.35 bits per heavy atom. The van der Waals surface area contributed by atoms with Gasteiger partial charge in [-0.05, 0) is 53.6 Å². The van der Waals surface area contributed by atoms with Crippen LogP contribution in [0.4, 0.5) is 4.79 Å². The predicted octanol–water partition coefficient (Wildman–Crippen LogP) is 1.75. The van der Waals surface area contributed by atoms with Crippen LogP contribution in [0.3, 0.4) is 0 Å². The quantitative estimate of drug-likeness (QED) is 0.824. The average molecular weight is 343 g/mol. The van der Waals surface area contributed by atoms with E-state index in [0.29, 0.717) is 30.1 Å². The van der Waals surface area contributed by atoms with Crippen molar-refractivity contribution in [2.24, 2.45) is 5.92 Å². The number of rotatable bonds is 5. The average Bonchev–Trinajstić information content (AvgIpc) is 3.11. The Labute approximate surface area is 143 Å². The van der Waals surface area contributed by atoms with Crippen molar-refractivity contribution in [1.29, 1.82) is 0 Å². The minimum absolute atomic E-state index is 0.0756. The third-order valence-electron chi connectivity index (χ3n) is 4.13. The van der Waals surface area contributed by atoms with Crippen LogP contribution < -0.4 is 5.32 Å². The summed E-state index contributed by atoms with van der Waals surface area (Å²) >= 11 is 1.59. The maximum Gasteiger partial charge on any atom is 0.411 e. The fourth-order valence-electron chi connectivity index (χ4n) is 2.74. The van der Waals surface area contributed by atoms with Crippen molar-refractivity contribution >= 4 is 23.8 Å². The van der Waals surface area contributed by atoms with Gasteiger partial charge in [0.15, 0.2) is 0 Å². The first-order valence-corrected chi connectivity index (χ1v) is 9.36. The van der Waals surface area contributed by atoms with Crippen molar-refractivity contribution in [3.05, 3.63) is 0 Å². The van der Waals surface area contributed by atoms with E-state index in [-0.39, 0.29) is 5.91 Å². The second-order valence-electron chi connectivity index (χ2n) is 7.58. The fourth-order valence-corrected chi connectivity index (χ4v) is 3.88. The van der Waals surface area contributed by atoms with Gasteiger partial charge in [0.2, 0.25) is 5.91 Å². The van der Waals surface area contributed by atoms with Gasteiger partial charge in [0.25, 0.3) is 0 Å².